The van der Waals surface area contributed by atoms with Gasteiger partial charge in [0.1, 0.15) is 5.75 Å². The number of carbonyl (C=O) groups excluding carboxylic acids is 1. The fraction of sp³-hybridized carbons (Fsp3) is 0.562. The van der Waals surface area contributed by atoms with Crippen molar-refractivity contribution in [3.05, 3.63) is 29.8 Å². The lowest BCUT2D eigenvalue weighted by Gasteiger charge is -2.12. The molecule has 1 atom stereocenters. The highest BCUT2D eigenvalue weighted by Gasteiger charge is 2.28. The Labute approximate surface area is 133 Å². The van der Waals surface area contributed by atoms with Gasteiger partial charge in [-0.15, -0.1) is 0 Å². The van der Waals surface area contributed by atoms with Crippen LogP contribution in [0.1, 0.15) is 39.6 Å². The molecule has 1 fully saturated rings. The maximum Gasteiger partial charge on any atom is 0.223 e. The standard InChI is InChI=1S/C16H23NO4S.H2/c1-12(2)13-3-5-15(6-4-13)21-9-7-16(18)17-14-8-10-22(19,20)11-14;/h3-6,12,14H,7-11H2,1-2H3,(H,17,18);1H. The Morgan fingerprint density at radius 2 is 2.05 bits per heavy atom. The molecule has 6 heteroatoms. The topological polar surface area (TPSA) is 72.5 Å². The number of rotatable bonds is 6. The van der Waals surface area contributed by atoms with E-state index in [9.17, 15) is 13.2 Å². The van der Waals surface area contributed by atoms with Gasteiger partial charge in [-0.2, -0.15) is 0 Å². The summed E-state index contributed by atoms with van der Waals surface area (Å²) in [4.78, 5) is 11.8. The van der Waals surface area contributed by atoms with Crippen LogP contribution < -0.4 is 10.1 Å². The lowest BCUT2D eigenvalue weighted by Crippen LogP contribution is -2.36. The second-order valence-corrected chi connectivity index (χ2v) is 8.22. The first kappa shape index (κ1) is 16.8. The van der Waals surface area contributed by atoms with E-state index >= 15 is 0 Å². The van der Waals surface area contributed by atoms with Gasteiger partial charge >= 0.3 is 0 Å². The van der Waals surface area contributed by atoms with Gasteiger partial charge in [0.15, 0.2) is 9.84 Å². The van der Waals surface area contributed by atoms with E-state index in [1.54, 1.807) is 0 Å². The van der Waals surface area contributed by atoms with Crippen LogP contribution in [0.4, 0.5) is 0 Å². The van der Waals surface area contributed by atoms with Gasteiger partial charge < -0.3 is 10.1 Å². The van der Waals surface area contributed by atoms with Crippen molar-refractivity contribution in [2.24, 2.45) is 0 Å². The van der Waals surface area contributed by atoms with Crippen molar-refractivity contribution >= 4 is 15.7 Å². The smallest absolute Gasteiger partial charge is 0.223 e. The van der Waals surface area contributed by atoms with E-state index < -0.39 is 9.84 Å². The Bertz CT molecular complexity index is 613. The molecule has 0 spiro atoms. The molecule has 0 aromatic heterocycles. The number of amides is 1. The first-order valence-corrected chi connectivity index (χ1v) is 9.40. The number of nitrogens with one attached hydrogen (secondary N) is 1. The molecule has 1 aliphatic heterocycles. The van der Waals surface area contributed by atoms with E-state index in [-0.39, 0.29) is 37.9 Å². The van der Waals surface area contributed by atoms with E-state index in [2.05, 4.69) is 19.2 Å². The minimum Gasteiger partial charge on any atom is -0.493 e. The summed E-state index contributed by atoms with van der Waals surface area (Å²) in [6, 6.07) is 7.59. The zero-order valence-electron chi connectivity index (χ0n) is 13.0. The second-order valence-electron chi connectivity index (χ2n) is 5.99. The second kappa shape index (κ2) is 7.13. The Hall–Kier alpha value is -1.56. The first-order valence-electron chi connectivity index (χ1n) is 7.58. The van der Waals surface area contributed by atoms with E-state index in [0.717, 1.165) is 5.75 Å². The van der Waals surface area contributed by atoms with E-state index in [1.807, 2.05) is 24.3 Å². The molecule has 22 heavy (non-hydrogen) atoms. The van der Waals surface area contributed by atoms with Crippen LogP contribution in [0.15, 0.2) is 24.3 Å². The van der Waals surface area contributed by atoms with E-state index in [1.165, 1.54) is 5.56 Å². The van der Waals surface area contributed by atoms with Gasteiger partial charge in [-0.3, -0.25) is 4.79 Å². The van der Waals surface area contributed by atoms with Crippen LogP contribution >= 0.6 is 0 Å². The fourth-order valence-corrected chi connectivity index (χ4v) is 4.09. The lowest BCUT2D eigenvalue weighted by molar-refractivity contribution is -0.122. The lowest BCUT2D eigenvalue weighted by atomic mass is 10.0. The van der Waals surface area contributed by atoms with Gasteiger partial charge in [0.25, 0.3) is 0 Å². The highest BCUT2D eigenvalue weighted by molar-refractivity contribution is 7.91. The van der Waals surface area contributed by atoms with Crippen LogP contribution in [-0.2, 0) is 14.6 Å². The molecule has 1 aromatic carbocycles. The summed E-state index contributed by atoms with van der Waals surface area (Å²) in [6.45, 7) is 4.54. The third-order valence-corrected chi connectivity index (χ3v) is 5.51. The van der Waals surface area contributed by atoms with Crippen molar-refractivity contribution in [2.45, 2.75) is 38.6 Å². The molecule has 0 aliphatic carbocycles. The third-order valence-electron chi connectivity index (χ3n) is 3.74. The van der Waals surface area contributed by atoms with Crippen molar-refractivity contribution < 1.29 is 19.4 Å². The number of ether oxygens (including phenoxy) is 1. The highest BCUT2D eigenvalue weighted by atomic mass is 32.2. The predicted octanol–water partition coefficient (Wildman–Crippen LogP) is 2.13. The number of hydrogen-bond acceptors (Lipinski definition) is 4. The molecule has 0 bridgehead atoms. The molecule has 1 unspecified atom stereocenters. The van der Waals surface area contributed by atoms with Gasteiger partial charge in [0.2, 0.25) is 5.91 Å². The molecule has 0 saturated carbocycles. The van der Waals surface area contributed by atoms with Crippen molar-refractivity contribution in [1.82, 2.24) is 5.32 Å². The molecule has 1 aromatic rings. The van der Waals surface area contributed by atoms with Crippen molar-refractivity contribution in [3.8, 4) is 5.75 Å². The zero-order chi connectivity index (χ0) is 16.2. The van der Waals surface area contributed by atoms with Gasteiger partial charge in [0, 0.05) is 7.47 Å². The largest absolute Gasteiger partial charge is 0.493 e. The van der Waals surface area contributed by atoms with Gasteiger partial charge in [-0.05, 0) is 30.0 Å². The zero-order valence-corrected chi connectivity index (χ0v) is 13.9. The Kier molecular flexibility index (Phi) is 5.45. The van der Waals surface area contributed by atoms with E-state index in [0.29, 0.717) is 12.3 Å². The van der Waals surface area contributed by atoms with Crippen LogP contribution in [0.2, 0.25) is 0 Å². The van der Waals surface area contributed by atoms with Crippen molar-refractivity contribution in [2.75, 3.05) is 18.1 Å². The Morgan fingerprint density at radius 1 is 1.36 bits per heavy atom. The molecular formula is C16H25NO4S. The summed E-state index contributed by atoms with van der Waals surface area (Å²) >= 11 is 0. The predicted molar refractivity (Wildman–Crippen MR) is 88.0 cm³/mol. The molecule has 124 valence electrons. The molecule has 1 aliphatic rings. The summed E-state index contributed by atoms with van der Waals surface area (Å²) in [5, 5.41) is 2.75. The van der Waals surface area contributed by atoms with Gasteiger partial charge in [-0.25, -0.2) is 8.42 Å². The molecule has 1 saturated heterocycles. The molecular weight excluding hydrogens is 302 g/mol. The Morgan fingerprint density at radius 3 is 2.59 bits per heavy atom. The normalized spacial score (nSPS) is 20.0. The van der Waals surface area contributed by atoms with Crippen LogP contribution in [-0.4, -0.2) is 38.5 Å². The summed E-state index contributed by atoms with van der Waals surface area (Å²) in [6.07, 6.45) is 0.730. The monoisotopic (exact) mass is 327 g/mol. The van der Waals surface area contributed by atoms with Crippen LogP contribution in [0, 0.1) is 0 Å². The number of hydrogen-bond donors (Lipinski definition) is 1. The summed E-state index contributed by atoms with van der Waals surface area (Å²) in [5.41, 5.74) is 1.24. The van der Waals surface area contributed by atoms with Crippen molar-refractivity contribution in [1.29, 1.82) is 0 Å². The summed E-state index contributed by atoms with van der Waals surface area (Å²) < 4.78 is 28.2. The van der Waals surface area contributed by atoms with Crippen LogP contribution in [0.3, 0.4) is 0 Å². The molecule has 1 N–H and O–H groups in total. The van der Waals surface area contributed by atoms with Crippen LogP contribution in [0.5, 0.6) is 5.75 Å². The summed E-state index contributed by atoms with van der Waals surface area (Å²) in [7, 11) is -2.96. The third kappa shape index (κ3) is 5.02. The number of carbonyl (C=O) groups is 1. The quantitative estimate of drug-likeness (QED) is 0.869. The molecule has 5 nitrogen and oxygen atoms in total. The highest BCUT2D eigenvalue weighted by Crippen LogP contribution is 2.18. The molecule has 2 rings (SSSR count). The van der Waals surface area contributed by atoms with Crippen molar-refractivity contribution in [3.63, 3.8) is 0 Å². The van der Waals surface area contributed by atoms with Crippen LogP contribution in [0.25, 0.3) is 0 Å². The number of benzene rings is 1. The van der Waals surface area contributed by atoms with Gasteiger partial charge in [0.05, 0.1) is 24.5 Å². The minimum atomic E-state index is -2.96. The first-order chi connectivity index (χ1) is 10.4. The number of sulfone groups is 1. The average Bonchev–Trinajstić information content (AvgIpc) is 2.78. The Balaban J connectivity index is 0.00000264. The van der Waals surface area contributed by atoms with Gasteiger partial charge in [-0.1, -0.05) is 26.0 Å². The molecule has 1 heterocycles. The average molecular weight is 327 g/mol. The minimum absolute atomic E-state index is 0. The maximum absolute atomic E-state index is 11.8. The fourth-order valence-electron chi connectivity index (χ4n) is 2.42. The summed E-state index contributed by atoms with van der Waals surface area (Å²) in [5.74, 6) is 1.26. The molecule has 0 radical (unpaired) electrons. The maximum atomic E-state index is 11.8. The van der Waals surface area contributed by atoms with E-state index in [4.69, 9.17) is 4.74 Å². The molecule has 1 amide bonds. The SMILES string of the molecule is CC(C)c1ccc(OCCC(=O)NC2CCS(=O)(=O)C2)cc1.[HH].